The van der Waals surface area contributed by atoms with Crippen molar-refractivity contribution in [3.05, 3.63) is 47.5 Å². The van der Waals surface area contributed by atoms with Crippen molar-refractivity contribution in [3.8, 4) is 0 Å². The number of aliphatic hydroxyl groups is 1. The fourth-order valence-corrected chi connectivity index (χ4v) is 2.18. The van der Waals surface area contributed by atoms with Crippen molar-refractivity contribution < 1.29 is 5.11 Å². The van der Waals surface area contributed by atoms with E-state index in [9.17, 15) is 5.11 Å². The Bertz CT molecular complexity index is 313. The Morgan fingerprint density at radius 2 is 2.00 bits per heavy atom. The highest BCUT2D eigenvalue weighted by Gasteiger charge is 2.18. The van der Waals surface area contributed by atoms with E-state index in [1.54, 1.807) is 0 Å². The maximum absolute atomic E-state index is 9.25. The van der Waals surface area contributed by atoms with E-state index in [1.807, 2.05) is 6.07 Å². The van der Waals surface area contributed by atoms with Gasteiger partial charge in [0.15, 0.2) is 0 Å². The van der Waals surface area contributed by atoms with Gasteiger partial charge in [0.25, 0.3) is 0 Å². The van der Waals surface area contributed by atoms with Gasteiger partial charge in [0.2, 0.25) is 0 Å². The van der Waals surface area contributed by atoms with E-state index in [2.05, 4.69) is 30.3 Å². The third kappa shape index (κ3) is 1.88. The molecule has 0 spiro atoms. The number of allylic oxidation sites excluding steroid dienone is 1. The van der Waals surface area contributed by atoms with E-state index in [0.717, 1.165) is 6.42 Å². The highest BCUT2D eigenvalue weighted by atomic mass is 16.3. The number of hydrogen-bond donors (Lipinski definition) is 1. The van der Waals surface area contributed by atoms with Crippen LogP contribution in [0.15, 0.2) is 42.0 Å². The van der Waals surface area contributed by atoms with Gasteiger partial charge in [0.1, 0.15) is 0 Å². The standard InChI is InChI=1S/C13H16O/c14-10-12-8-4-5-9-13(12)11-6-2-1-3-7-11/h1-3,6-8,13-14H,4-5,9-10H2/t13-/m0/s1. The molecule has 0 saturated heterocycles. The summed E-state index contributed by atoms with van der Waals surface area (Å²) in [6.07, 6.45) is 5.74. The number of hydrogen-bond acceptors (Lipinski definition) is 1. The fraction of sp³-hybridized carbons (Fsp3) is 0.385. The summed E-state index contributed by atoms with van der Waals surface area (Å²) >= 11 is 0. The second kappa shape index (κ2) is 4.43. The van der Waals surface area contributed by atoms with Gasteiger partial charge in [0.05, 0.1) is 6.61 Å². The van der Waals surface area contributed by atoms with E-state index in [1.165, 1.54) is 24.0 Å². The molecular formula is C13H16O. The van der Waals surface area contributed by atoms with Crippen LogP contribution in [0.1, 0.15) is 30.7 Å². The first-order valence-corrected chi connectivity index (χ1v) is 5.26. The summed E-state index contributed by atoms with van der Waals surface area (Å²) in [6, 6.07) is 10.5. The molecule has 74 valence electrons. The minimum absolute atomic E-state index is 0.208. The molecule has 1 heteroatoms. The van der Waals surface area contributed by atoms with Crippen LogP contribution in [0, 0.1) is 0 Å². The van der Waals surface area contributed by atoms with Crippen molar-refractivity contribution in [1.82, 2.24) is 0 Å². The average molecular weight is 188 g/mol. The molecule has 2 rings (SSSR count). The Labute approximate surface area is 85.1 Å². The first-order chi connectivity index (χ1) is 6.92. The van der Waals surface area contributed by atoms with Crippen LogP contribution in [-0.2, 0) is 0 Å². The second-order valence-corrected chi connectivity index (χ2v) is 3.83. The maximum atomic E-state index is 9.25. The van der Waals surface area contributed by atoms with E-state index < -0.39 is 0 Å². The van der Waals surface area contributed by atoms with Crippen LogP contribution in [-0.4, -0.2) is 11.7 Å². The van der Waals surface area contributed by atoms with Crippen molar-refractivity contribution >= 4 is 0 Å². The zero-order valence-corrected chi connectivity index (χ0v) is 8.32. The highest BCUT2D eigenvalue weighted by Crippen LogP contribution is 2.33. The third-order valence-corrected chi connectivity index (χ3v) is 2.94. The first kappa shape index (κ1) is 9.47. The molecule has 1 N–H and O–H groups in total. The number of aliphatic hydroxyl groups excluding tert-OH is 1. The molecule has 1 aliphatic rings. The van der Waals surface area contributed by atoms with Gasteiger partial charge in [-0.3, -0.25) is 0 Å². The molecule has 1 atom stereocenters. The summed E-state index contributed by atoms with van der Waals surface area (Å²) in [6.45, 7) is 0.208. The van der Waals surface area contributed by atoms with Crippen LogP contribution in [0.3, 0.4) is 0 Å². The molecule has 0 aromatic heterocycles. The van der Waals surface area contributed by atoms with Crippen molar-refractivity contribution in [3.63, 3.8) is 0 Å². The van der Waals surface area contributed by atoms with E-state index >= 15 is 0 Å². The predicted octanol–water partition coefficient (Wildman–Crippen LogP) is 2.87. The Hall–Kier alpha value is -1.08. The van der Waals surface area contributed by atoms with Gasteiger partial charge in [-0.25, -0.2) is 0 Å². The van der Waals surface area contributed by atoms with Gasteiger partial charge in [-0.2, -0.15) is 0 Å². The molecule has 0 radical (unpaired) electrons. The molecule has 1 aromatic carbocycles. The average Bonchev–Trinajstić information content (AvgIpc) is 2.30. The van der Waals surface area contributed by atoms with Crippen LogP contribution in [0.4, 0.5) is 0 Å². The topological polar surface area (TPSA) is 20.2 Å². The molecule has 1 aromatic rings. The molecule has 0 bridgehead atoms. The monoisotopic (exact) mass is 188 g/mol. The van der Waals surface area contributed by atoms with Crippen molar-refractivity contribution in [2.45, 2.75) is 25.2 Å². The molecule has 0 heterocycles. The molecule has 14 heavy (non-hydrogen) atoms. The van der Waals surface area contributed by atoms with Gasteiger partial charge in [-0.1, -0.05) is 36.4 Å². The third-order valence-electron chi connectivity index (χ3n) is 2.94. The van der Waals surface area contributed by atoms with Gasteiger partial charge >= 0.3 is 0 Å². The van der Waals surface area contributed by atoms with Crippen LogP contribution >= 0.6 is 0 Å². The Morgan fingerprint density at radius 3 is 2.71 bits per heavy atom. The quantitative estimate of drug-likeness (QED) is 0.707. The summed E-state index contributed by atoms with van der Waals surface area (Å²) in [5, 5.41) is 9.25. The normalized spacial score (nSPS) is 21.8. The maximum Gasteiger partial charge on any atom is 0.0647 e. The SMILES string of the molecule is OCC1=CCCC[C@H]1c1ccccc1. The summed E-state index contributed by atoms with van der Waals surface area (Å²) in [4.78, 5) is 0. The van der Waals surface area contributed by atoms with Gasteiger partial charge in [-0.15, -0.1) is 0 Å². The first-order valence-electron chi connectivity index (χ1n) is 5.26. The van der Waals surface area contributed by atoms with E-state index in [4.69, 9.17) is 0 Å². The summed E-state index contributed by atoms with van der Waals surface area (Å²) in [5.74, 6) is 0.454. The smallest absolute Gasteiger partial charge is 0.0647 e. The Morgan fingerprint density at radius 1 is 1.21 bits per heavy atom. The highest BCUT2D eigenvalue weighted by molar-refractivity contribution is 5.30. The minimum atomic E-state index is 0.208. The van der Waals surface area contributed by atoms with Gasteiger partial charge < -0.3 is 5.11 Å². The lowest BCUT2D eigenvalue weighted by Crippen LogP contribution is -2.09. The summed E-state index contributed by atoms with van der Waals surface area (Å²) in [7, 11) is 0. The Kier molecular flexibility index (Phi) is 3.00. The van der Waals surface area contributed by atoms with Crippen molar-refractivity contribution in [2.24, 2.45) is 0 Å². The van der Waals surface area contributed by atoms with Crippen LogP contribution in [0.2, 0.25) is 0 Å². The van der Waals surface area contributed by atoms with Crippen LogP contribution in [0.25, 0.3) is 0 Å². The molecule has 0 fully saturated rings. The molecule has 0 unspecified atom stereocenters. The molecule has 1 nitrogen and oxygen atoms in total. The van der Waals surface area contributed by atoms with Gasteiger partial charge in [-0.05, 0) is 30.4 Å². The Balaban J connectivity index is 2.25. The summed E-state index contributed by atoms with van der Waals surface area (Å²) < 4.78 is 0. The van der Waals surface area contributed by atoms with Crippen molar-refractivity contribution in [1.29, 1.82) is 0 Å². The van der Waals surface area contributed by atoms with E-state index in [0.29, 0.717) is 5.92 Å². The predicted molar refractivity (Wildman–Crippen MR) is 58.2 cm³/mol. The van der Waals surface area contributed by atoms with Crippen LogP contribution in [0.5, 0.6) is 0 Å². The zero-order chi connectivity index (χ0) is 9.80. The minimum Gasteiger partial charge on any atom is -0.392 e. The lowest BCUT2D eigenvalue weighted by Gasteiger charge is -2.23. The van der Waals surface area contributed by atoms with Crippen LogP contribution < -0.4 is 0 Å². The molecular weight excluding hydrogens is 172 g/mol. The molecule has 0 saturated carbocycles. The molecule has 0 amide bonds. The fourth-order valence-electron chi connectivity index (χ4n) is 2.18. The largest absolute Gasteiger partial charge is 0.392 e. The van der Waals surface area contributed by atoms with Gasteiger partial charge in [0, 0.05) is 5.92 Å². The molecule has 1 aliphatic carbocycles. The lowest BCUT2D eigenvalue weighted by molar-refractivity contribution is 0.316. The number of benzene rings is 1. The summed E-state index contributed by atoms with van der Waals surface area (Å²) in [5.41, 5.74) is 2.54. The zero-order valence-electron chi connectivity index (χ0n) is 8.32. The van der Waals surface area contributed by atoms with Crippen molar-refractivity contribution in [2.75, 3.05) is 6.61 Å². The molecule has 0 aliphatic heterocycles. The van der Waals surface area contributed by atoms with E-state index in [-0.39, 0.29) is 6.61 Å². The second-order valence-electron chi connectivity index (χ2n) is 3.83. The lowest BCUT2D eigenvalue weighted by atomic mass is 9.83. The number of rotatable bonds is 2.